The highest BCUT2D eigenvalue weighted by molar-refractivity contribution is 7.91. The predicted octanol–water partition coefficient (Wildman–Crippen LogP) is 0.0825. The summed E-state index contributed by atoms with van der Waals surface area (Å²) in [4.78, 5) is 51.0. The van der Waals surface area contributed by atoms with Crippen molar-refractivity contribution in [2.24, 2.45) is 0 Å². The van der Waals surface area contributed by atoms with E-state index in [-0.39, 0.29) is 23.6 Å². The van der Waals surface area contributed by atoms with E-state index in [1.807, 2.05) is 0 Å². The molecule has 31 heavy (non-hydrogen) atoms. The summed E-state index contributed by atoms with van der Waals surface area (Å²) in [5.74, 6) is -2.49. The molecule has 1 aromatic rings. The van der Waals surface area contributed by atoms with Gasteiger partial charge in [-0.1, -0.05) is 0 Å². The number of nitrogens with zero attached hydrogens (tertiary/aromatic N) is 2. The van der Waals surface area contributed by atoms with Crippen molar-refractivity contribution in [3.05, 3.63) is 18.2 Å². The maximum absolute atomic E-state index is 12.7. The van der Waals surface area contributed by atoms with Gasteiger partial charge in [0, 0.05) is 12.1 Å². The van der Waals surface area contributed by atoms with Gasteiger partial charge in [0.1, 0.15) is 6.54 Å². The molecule has 1 aromatic carbocycles. The predicted molar refractivity (Wildman–Crippen MR) is 109 cm³/mol. The molecule has 0 saturated carbocycles. The van der Waals surface area contributed by atoms with E-state index in [2.05, 4.69) is 5.32 Å². The average Bonchev–Trinajstić information content (AvgIpc) is 3.14. The van der Waals surface area contributed by atoms with Gasteiger partial charge in [0.15, 0.2) is 21.3 Å². The molecule has 2 heterocycles. The SMILES string of the molecule is CCOc1ccc(N2C(=O)C(=O)N(CC(=O)N[C@H]3CCS(=O)(=O)C3)C2=O)cc1OCC. The molecular weight excluding hydrogens is 430 g/mol. The molecule has 5 amide bonds. The van der Waals surface area contributed by atoms with Gasteiger partial charge in [-0.15, -0.1) is 0 Å². The third-order valence-electron chi connectivity index (χ3n) is 4.74. The number of anilines is 1. The smallest absolute Gasteiger partial charge is 0.339 e. The largest absolute Gasteiger partial charge is 0.490 e. The van der Waals surface area contributed by atoms with E-state index in [9.17, 15) is 27.6 Å². The van der Waals surface area contributed by atoms with Crippen LogP contribution in [0.1, 0.15) is 20.3 Å². The van der Waals surface area contributed by atoms with Gasteiger partial charge in [0.05, 0.1) is 30.4 Å². The van der Waals surface area contributed by atoms with E-state index < -0.39 is 46.2 Å². The molecule has 0 radical (unpaired) electrons. The van der Waals surface area contributed by atoms with Crippen molar-refractivity contribution in [2.75, 3.05) is 36.2 Å². The lowest BCUT2D eigenvalue weighted by Crippen LogP contribution is -2.45. The van der Waals surface area contributed by atoms with Crippen molar-refractivity contribution >= 4 is 39.3 Å². The van der Waals surface area contributed by atoms with Crippen LogP contribution in [0.3, 0.4) is 0 Å². The maximum Gasteiger partial charge on any atom is 0.339 e. The summed E-state index contributed by atoms with van der Waals surface area (Å²) in [7, 11) is -3.21. The fraction of sp³-hybridized carbons (Fsp3) is 0.474. The van der Waals surface area contributed by atoms with Crippen LogP contribution in [-0.2, 0) is 24.2 Å². The molecule has 0 unspecified atom stereocenters. The number of carbonyl (C=O) groups is 4. The standard InChI is InChI=1S/C19H23N3O8S/c1-3-29-14-6-5-13(9-15(14)30-4-2)22-18(25)17(24)21(19(22)26)10-16(23)20-12-7-8-31(27,28)11-12/h5-6,9,12H,3-4,7-8,10-11H2,1-2H3,(H,20,23)/t12-/m0/s1. The van der Waals surface area contributed by atoms with Gasteiger partial charge < -0.3 is 14.8 Å². The maximum atomic E-state index is 12.7. The molecule has 11 nitrogen and oxygen atoms in total. The van der Waals surface area contributed by atoms with E-state index in [0.717, 1.165) is 0 Å². The van der Waals surface area contributed by atoms with Crippen LogP contribution in [0.5, 0.6) is 11.5 Å². The lowest BCUT2D eigenvalue weighted by Gasteiger charge is -2.18. The van der Waals surface area contributed by atoms with Gasteiger partial charge >= 0.3 is 17.8 Å². The molecule has 1 atom stereocenters. The van der Waals surface area contributed by atoms with Crippen LogP contribution in [0.4, 0.5) is 10.5 Å². The van der Waals surface area contributed by atoms with Crippen molar-refractivity contribution in [1.82, 2.24) is 10.2 Å². The van der Waals surface area contributed by atoms with Crippen LogP contribution in [0, 0.1) is 0 Å². The van der Waals surface area contributed by atoms with Crippen LogP contribution in [0.15, 0.2) is 18.2 Å². The molecular formula is C19H23N3O8S. The molecule has 1 N–H and O–H groups in total. The summed E-state index contributed by atoms with van der Waals surface area (Å²) in [6, 6.07) is 2.80. The lowest BCUT2D eigenvalue weighted by atomic mass is 10.2. The molecule has 2 aliphatic heterocycles. The fourth-order valence-electron chi connectivity index (χ4n) is 3.38. The number of hydrogen-bond donors (Lipinski definition) is 1. The molecule has 2 fully saturated rings. The Labute approximate surface area is 179 Å². The number of nitrogens with one attached hydrogen (secondary N) is 1. The topological polar surface area (TPSA) is 139 Å². The van der Waals surface area contributed by atoms with E-state index in [1.54, 1.807) is 13.8 Å². The van der Waals surface area contributed by atoms with Gasteiger partial charge in [-0.25, -0.2) is 23.0 Å². The van der Waals surface area contributed by atoms with E-state index in [0.29, 0.717) is 34.5 Å². The normalized spacial score (nSPS) is 20.3. The number of benzene rings is 1. The Morgan fingerprint density at radius 1 is 1.10 bits per heavy atom. The number of hydrogen-bond acceptors (Lipinski definition) is 8. The molecule has 12 heteroatoms. The zero-order valence-corrected chi connectivity index (χ0v) is 17.9. The third kappa shape index (κ3) is 4.79. The summed E-state index contributed by atoms with van der Waals surface area (Å²) in [6.45, 7) is 3.55. The molecule has 0 spiro atoms. The van der Waals surface area contributed by atoms with Crippen LogP contribution in [0.2, 0.25) is 0 Å². The number of carbonyl (C=O) groups excluding carboxylic acids is 4. The van der Waals surface area contributed by atoms with Gasteiger partial charge in [0.25, 0.3) is 0 Å². The first-order chi connectivity index (χ1) is 14.7. The summed E-state index contributed by atoms with van der Waals surface area (Å²) in [6.07, 6.45) is 0.257. The van der Waals surface area contributed by atoms with Gasteiger partial charge in [-0.05, 0) is 32.4 Å². The second-order valence-electron chi connectivity index (χ2n) is 6.98. The van der Waals surface area contributed by atoms with E-state index in [4.69, 9.17) is 9.47 Å². The second kappa shape index (κ2) is 8.92. The summed E-state index contributed by atoms with van der Waals surface area (Å²) < 4.78 is 34.0. The first-order valence-corrected chi connectivity index (χ1v) is 11.6. The van der Waals surface area contributed by atoms with Crippen LogP contribution >= 0.6 is 0 Å². The van der Waals surface area contributed by atoms with Crippen molar-refractivity contribution in [2.45, 2.75) is 26.3 Å². The Kier molecular flexibility index (Phi) is 6.48. The Balaban J connectivity index is 1.75. The zero-order chi connectivity index (χ0) is 22.8. The second-order valence-corrected chi connectivity index (χ2v) is 9.21. The Morgan fingerprint density at radius 3 is 2.39 bits per heavy atom. The summed E-state index contributed by atoms with van der Waals surface area (Å²) in [5.41, 5.74) is 0.0973. The third-order valence-corrected chi connectivity index (χ3v) is 6.51. The number of sulfone groups is 1. The monoisotopic (exact) mass is 453 g/mol. The first kappa shape index (κ1) is 22.5. The highest BCUT2D eigenvalue weighted by Crippen LogP contribution is 2.34. The minimum atomic E-state index is -3.21. The van der Waals surface area contributed by atoms with Crippen LogP contribution in [-0.4, -0.2) is 74.4 Å². The Bertz CT molecular complexity index is 1020. The van der Waals surface area contributed by atoms with Gasteiger partial charge in [-0.2, -0.15) is 0 Å². The Hall–Kier alpha value is -3.15. The van der Waals surface area contributed by atoms with E-state index >= 15 is 0 Å². The fourth-order valence-corrected chi connectivity index (χ4v) is 5.05. The summed E-state index contributed by atoms with van der Waals surface area (Å²) in [5, 5.41) is 2.49. The van der Waals surface area contributed by atoms with Gasteiger partial charge in [0.2, 0.25) is 5.91 Å². The Morgan fingerprint density at radius 2 is 1.77 bits per heavy atom. The van der Waals surface area contributed by atoms with Crippen molar-refractivity contribution in [3.8, 4) is 11.5 Å². The number of ether oxygens (including phenoxy) is 2. The van der Waals surface area contributed by atoms with Crippen molar-refractivity contribution in [3.63, 3.8) is 0 Å². The number of urea groups is 1. The summed E-state index contributed by atoms with van der Waals surface area (Å²) >= 11 is 0. The quantitative estimate of drug-likeness (QED) is 0.431. The van der Waals surface area contributed by atoms with E-state index in [1.165, 1.54) is 18.2 Å². The van der Waals surface area contributed by atoms with Crippen LogP contribution < -0.4 is 19.7 Å². The lowest BCUT2D eigenvalue weighted by molar-refractivity contribution is -0.140. The highest BCUT2D eigenvalue weighted by Gasteiger charge is 2.46. The molecule has 0 bridgehead atoms. The highest BCUT2D eigenvalue weighted by atomic mass is 32.2. The minimum Gasteiger partial charge on any atom is -0.490 e. The molecule has 0 aliphatic carbocycles. The average molecular weight is 453 g/mol. The van der Waals surface area contributed by atoms with Crippen LogP contribution in [0.25, 0.3) is 0 Å². The number of imide groups is 2. The molecule has 2 saturated heterocycles. The number of amides is 5. The molecule has 0 aromatic heterocycles. The first-order valence-electron chi connectivity index (χ1n) is 9.76. The van der Waals surface area contributed by atoms with Gasteiger partial charge in [-0.3, -0.25) is 14.4 Å². The van der Waals surface area contributed by atoms with Crippen molar-refractivity contribution < 1.29 is 37.1 Å². The van der Waals surface area contributed by atoms with Crippen molar-refractivity contribution in [1.29, 1.82) is 0 Å². The molecule has 3 rings (SSSR count). The number of rotatable bonds is 8. The molecule has 2 aliphatic rings. The zero-order valence-electron chi connectivity index (χ0n) is 17.1. The minimum absolute atomic E-state index is 0.0360. The molecule has 168 valence electrons.